The van der Waals surface area contributed by atoms with Gasteiger partial charge < -0.3 is 30.3 Å². The maximum atomic E-state index is 14.5. The summed E-state index contributed by atoms with van der Waals surface area (Å²) in [5.74, 6) is 5.82. The molecule has 4 aliphatic heterocycles. The monoisotopic (exact) mass is 890 g/mol. The van der Waals surface area contributed by atoms with Crippen molar-refractivity contribution in [2.45, 2.75) is 89.4 Å². The summed E-state index contributed by atoms with van der Waals surface area (Å²) < 4.78 is 29.3. The highest BCUT2D eigenvalue weighted by molar-refractivity contribution is 6.03. The van der Waals surface area contributed by atoms with Crippen LogP contribution in [0.2, 0.25) is 0 Å². The molecule has 2 aromatic carbocycles. The summed E-state index contributed by atoms with van der Waals surface area (Å²) in [6, 6.07) is 8.08. The Kier molecular flexibility index (Phi) is 12.5. The summed E-state index contributed by atoms with van der Waals surface area (Å²) in [4.78, 5) is 72.1. The van der Waals surface area contributed by atoms with Gasteiger partial charge in [0.05, 0.1) is 35.3 Å². The highest BCUT2D eigenvalue weighted by Crippen LogP contribution is 2.42. The van der Waals surface area contributed by atoms with Crippen LogP contribution >= 0.6 is 0 Å². The number of aryl methyl sites for hydroxylation is 1. The largest absolute Gasteiger partial charge is 0.496 e. The third kappa shape index (κ3) is 8.72. The van der Waals surface area contributed by atoms with Crippen molar-refractivity contribution in [3.05, 3.63) is 63.7 Å². The second-order valence-corrected chi connectivity index (χ2v) is 19.1. The summed E-state index contributed by atoms with van der Waals surface area (Å²) in [5.41, 5.74) is 9.42. The number of nitrogens with zero attached hydrogens (tertiary/aromatic N) is 5. The number of benzene rings is 2. The predicted octanol–water partition coefficient (Wildman–Crippen LogP) is 4.01. The number of alkyl halides is 1. The van der Waals surface area contributed by atoms with Crippen LogP contribution in [0.3, 0.4) is 0 Å². The molecule has 4 saturated heterocycles. The van der Waals surface area contributed by atoms with E-state index in [1.807, 2.05) is 19.1 Å². The first-order chi connectivity index (χ1) is 31.3. The quantitative estimate of drug-likeness (QED) is 0.139. The maximum Gasteiger partial charge on any atom is 0.329 e. The minimum absolute atomic E-state index is 0.0383. The number of carbonyl (C=O) groups excluding carboxylic acids is 4. The van der Waals surface area contributed by atoms with Crippen LogP contribution in [0.5, 0.6) is 11.6 Å². The number of nitrogens with two attached hydrogens (primary N) is 1. The lowest BCUT2D eigenvalue weighted by Crippen LogP contribution is -2.60. The third-order valence-corrected chi connectivity index (χ3v) is 15.0. The number of amides is 4. The SMILES string of the molecule is CC[C@@H]1[C@H](F)C(=O)N[C@@H]1COc1ncc(C#CC2CCC(CN3CCC4(CC3)CN(CCc3cccc5c3n(C)c(=O)n5C3CCC(=O)NC3=O)C4)CC2)c2cc(C(N)=O)c(OC)cc12. The Balaban J connectivity index is 0.763. The first kappa shape index (κ1) is 44.4. The Morgan fingerprint density at radius 1 is 1.02 bits per heavy atom. The fourth-order valence-corrected chi connectivity index (χ4v) is 11.3. The van der Waals surface area contributed by atoms with E-state index in [4.69, 9.17) is 15.2 Å². The van der Waals surface area contributed by atoms with Gasteiger partial charge >= 0.3 is 5.69 Å². The third-order valence-electron chi connectivity index (χ3n) is 15.0. The van der Waals surface area contributed by atoms with Gasteiger partial charge in [-0.3, -0.25) is 33.6 Å². The number of methoxy groups -OCH3 is 1. The number of fused-ring (bicyclic) bond motifs is 2. The molecule has 1 saturated carbocycles. The normalized spacial score (nSPS) is 25.8. The van der Waals surface area contributed by atoms with Gasteiger partial charge in [0.25, 0.3) is 11.8 Å². The van der Waals surface area contributed by atoms with Gasteiger partial charge in [0.1, 0.15) is 18.4 Å². The van der Waals surface area contributed by atoms with Crippen molar-refractivity contribution in [1.82, 2.24) is 34.6 Å². The van der Waals surface area contributed by atoms with Crippen LogP contribution in [-0.2, 0) is 27.9 Å². The number of aromatic nitrogens is 3. The fourth-order valence-electron chi connectivity index (χ4n) is 11.3. The number of hydrogen-bond donors (Lipinski definition) is 3. The molecule has 2 aromatic heterocycles. The standard InChI is InChI=1S/C49H59FN8O7/c1-4-33-37(53-46(62)42(33)50)26-65-47-35-23-40(64-3)36(44(51)60)22-34(35)32(24-52-47)13-12-29-8-10-30(11-9-29)25-56-20-17-49(18-21-56)27-57(28-49)19-16-31-6-5-7-38-43(31)55(2)48(63)58(38)39-14-15-41(59)54-45(39)61/h5-7,22-24,29-30,33,37,39,42H,4,8-11,14-21,25-28H2,1-3H3,(H2,51,60)(H,53,62)(H,54,59,61)/t29?,30?,33-,37+,39?,42-/m0/s1. The number of para-hydroxylation sites is 1. The predicted molar refractivity (Wildman–Crippen MR) is 242 cm³/mol. The van der Waals surface area contributed by atoms with Crippen molar-refractivity contribution in [3.8, 4) is 23.5 Å². The number of pyridine rings is 1. The molecule has 65 heavy (non-hydrogen) atoms. The van der Waals surface area contributed by atoms with Gasteiger partial charge in [0.15, 0.2) is 6.17 Å². The van der Waals surface area contributed by atoms with Crippen LogP contribution < -0.4 is 31.5 Å². The van der Waals surface area contributed by atoms with Gasteiger partial charge in [-0.2, -0.15) is 0 Å². The van der Waals surface area contributed by atoms with Gasteiger partial charge in [-0.25, -0.2) is 14.2 Å². The molecule has 1 unspecified atom stereocenters. The molecule has 344 valence electrons. The van der Waals surface area contributed by atoms with Gasteiger partial charge in [-0.05, 0) is 106 Å². The van der Waals surface area contributed by atoms with Crippen LogP contribution in [0.15, 0.2) is 41.3 Å². The molecule has 4 atom stereocenters. The molecular weight excluding hydrogens is 832 g/mol. The minimum atomic E-state index is -1.58. The number of piperidine rings is 2. The minimum Gasteiger partial charge on any atom is -0.496 e. The molecule has 1 aliphatic carbocycles. The first-order valence-electron chi connectivity index (χ1n) is 23.2. The van der Waals surface area contributed by atoms with Crippen LogP contribution in [0, 0.1) is 35.0 Å². The molecule has 15 nitrogen and oxygen atoms in total. The summed E-state index contributed by atoms with van der Waals surface area (Å²) in [7, 11) is 3.22. The van der Waals surface area contributed by atoms with Crippen LogP contribution in [0.4, 0.5) is 4.39 Å². The van der Waals surface area contributed by atoms with Crippen molar-refractivity contribution in [3.63, 3.8) is 0 Å². The zero-order valence-corrected chi connectivity index (χ0v) is 37.5. The number of likely N-dealkylation sites (tertiary alicyclic amines) is 2. The molecule has 5 aliphatic rings. The number of carbonyl (C=O) groups is 4. The highest BCUT2D eigenvalue weighted by atomic mass is 19.1. The Morgan fingerprint density at radius 2 is 1.78 bits per heavy atom. The van der Waals surface area contributed by atoms with E-state index in [2.05, 4.69) is 43.3 Å². The van der Waals surface area contributed by atoms with Crippen molar-refractivity contribution in [2.24, 2.45) is 36.0 Å². The molecule has 1 spiro atoms. The van der Waals surface area contributed by atoms with Crippen molar-refractivity contribution < 1.29 is 33.0 Å². The van der Waals surface area contributed by atoms with Crippen molar-refractivity contribution >= 4 is 45.4 Å². The van der Waals surface area contributed by atoms with Gasteiger partial charge in [-0.1, -0.05) is 30.9 Å². The Bertz CT molecular complexity index is 2640. The molecule has 4 N–H and O–H groups in total. The lowest BCUT2D eigenvalue weighted by molar-refractivity contribution is -0.135. The molecular formula is C49H59FN8O7. The fraction of sp³-hybridized carbons (Fsp3) is 0.551. The van der Waals surface area contributed by atoms with E-state index in [1.165, 1.54) is 20.0 Å². The van der Waals surface area contributed by atoms with Crippen LogP contribution in [-0.4, -0.2) is 113 Å². The molecule has 0 bridgehead atoms. The second kappa shape index (κ2) is 18.2. The zero-order valence-electron chi connectivity index (χ0n) is 37.5. The van der Waals surface area contributed by atoms with E-state index in [9.17, 15) is 28.4 Å². The number of imide groups is 1. The smallest absolute Gasteiger partial charge is 0.329 e. The van der Waals surface area contributed by atoms with Crippen LogP contribution in [0.25, 0.3) is 21.8 Å². The van der Waals surface area contributed by atoms with Crippen molar-refractivity contribution in [2.75, 3.05) is 53.0 Å². The second-order valence-electron chi connectivity index (χ2n) is 19.1. The summed E-state index contributed by atoms with van der Waals surface area (Å²) in [5, 5.41) is 6.32. The first-order valence-corrected chi connectivity index (χ1v) is 23.2. The van der Waals surface area contributed by atoms with E-state index in [0.29, 0.717) is 40.5 Å². The van der Waals surface area contributed by atoms with E-state index in [1.54, 1.807) is 34.5 Å². The van der Waals surface area contributed by atoms with E-state index in [-0.39, 0.29) is 47.7 Å². The number of nitrogens with one attached hydrogen (secondary N) is 2. The topological polar surface area (TPSA) is 183 Å². The molecule has 4 aromatic rings. The lowest BCUT2D eigenvalue weighted by atomic mass is 9.71. The van der Waals surface area contributed by atoms with E-state index < -0.39 is 41.9 Å². The summed E-state index contributed by atoms with van der Waals surface area (Å²) in [6.45, 7) is 8.33. The lowest BCUT2D eigenvalue weighted by Gasteiger charge is -2.54. The molecule has 0 radical (unpaired) electrons. The van der Waals surface area contributed by atoms with Crippen molar-refractivity contribution in [1.29, 1.82) is 0 Å². The van der Waals surface area contributed by atoms with E-state index >= 15 is 0 Å². The highest BCUT2D eigenvalue weighted by Gasteiger charge is 2.45. The Morgan fingerprint density at radius 3 is 2.49 bits per heavy atom. The zero-order chi connectivity index (χ0) is 45.6. The van der Waals surface area contributed by atoms with E-state index in [0.717, 1.165) is 88.0 Å². The Labute approximate surface area is 377 Å². The number of halogens is 1. The molecule has 9 rings (SSSR count). The maximum absolute atomic E-state index is 14.5. The molecule has 4 amide bonds. The molecule has 5 fully saturated rings. The Hall–Kier alpha value is -5.79. The number of rotatable bonds is 12. The number of primary amides is 1. The summed E-state index contributed by atoms with van der Waals surface area (Å²) >= 11 is 0. The number of hydrogen-bond acceptors (Lipinski definition) is 10. The average molecular weight is 891 g/mol. The van der Waals surface area contributed by atoms with Gasteiger partial charge in [0, 0.05) is 68.5 Å². The summed E-state index contributed by atoms with van der Waals surface area (Å²) in [6.07, 6.45) is 8.57. The van der Waals surface area contributed by atoms with Crippen LogP contribution in [0.1, 0.15) is 92.2 Å². The van der Waals surface area contributed by atoms with Gasteiger partial charge in [0.2, 0.25) is 17.7 Å². The number of ether oxygens (including phenoxy) is 2. The number of imidazole rings is 1. The average Bonchev–Trinajstić information content (AvgIpc) is 3.72. The molecule has 6 heterocycles. The van der Waals surface area contributed by atoms with Gasteiger partial charge in [-0.15, -0.1) is 0 Å². The molecule has 16 heteroatoms.